The van der Waals surface area contributed by atoms with Crippen molar-refractivity contribution in [1.29, 1.82) is 5.26 Å². The monoisotopic (exact) mass is 313 g/mol. The van der Waals surface area contributed by atoms with Crippen LogP contribution in [-0.2, 0) is 4.74 Å². The van der Waals surface area contributed by atoms with Crippen LogP contribution in [0.2, 0.25) is 0 Å². The summed E-state index contributed by atoms with van der Waals surface area (Å²) < 4.78 is 13.1. The third kappa shape index (κ3) is 2.76. The second-order valence-electron chi connectivity index (χ2n) is 6.25. The summed E-state index contributed by atoms with van der Waals surface area (Å²) >= 11 is 0. The number of aryl methyl sites for hydroxylation is 1. The molecule has 0 saturated carbocycles. The summed E-state index contributed by atoms with van der Waals surface area (Å²) in [5.74, 6) is 0.656. The molecule has 0 aromatic carbocycles. The molecule has 3 heterocycles. The van der Waals surface area contributed by atoms with Crippen molar-refractivity contribution in [3.63, 3.8) is 0 Å². The molecule has 0 aliphatic carbocycles. The molecule has 1 aliphatic heterocycles. The maximum Gasteiger partial charge on any atom is 0.259 e. The minimum absolute atomic E-state index is 0.183. The molecule has 0 N–H and O–H groups in total. The predicted octanol–water partition coefficient (Wildman–Crippen LogP) is 2.50. The average molecular weight is 313 g/mol. The standard InChI is InChI=1S/C17H19N3O3/c1-12-14(15(21)20-8-9-22-17(2,3)11-20)13(10-18)16(23-12)19-6-4-5-7-19/h4-7H,8-9,11H2,1-3H3. The van der Waals surface area contributed by atoms with E-state index in [1.807, 2.05) is 26.0 Å². The van der Waals surface area contributed by atoms with Gasteiger partial charge in [-0.2, -0.15) is 5.26 Å². The fourth-order valence-electron chi connectivity index (χ4n) is 2.89. The third-order valence-corrected chi connectivity index (χ3v) is 3.94. The van der Waals surface area contributed by atoms with E-state index in [9.17, 15) is 10.1 Å². The fourth-order valence-corrected chi connectivity index (χ4v) is 2.89. The van der Waals surface area contributed by atoms with Crippen molar-refractivity contribution < 1.29 is 13.9 Å². The first-order chi connectivity index (χ1) is 10.9. The van der Waals surface area contributed by atoms with E-state index >= 15 is 0 Å². The minimum atomic E-state index is -0.387. The van der Waals surface area contributed by atoms with Crippen LogP contribution in [0.1, 0.15) is 35.5 Å². The normalized spacial score (nSPS) is 17.0. The third-order valence-electron chi connectivity index (χ3n) is 3.94. The van der Waals surface area contributed by atoms with Gasteiger partial charge in [0.25, 0.3) is 5.91 Å². The molecule has 0 unspecified atom stereocenters. The molecule has 1 fully saturated rings. The van der Waals surface area contributed by atoms with E-state index < -0.39 is 0 Å². The molecular formula is C17H19N3O3. The Balaban J connectivity index is 2.00. The number of nitrogens with zero attached hydrogens (tertiary/aromatic N) is 3. The van der Waals surface area contributed by atoms with Crippen molar-refractivity contribution in [3.05, 3.63) is 41.4 Å². The Morgan fingerprint density at radius 1 is 1.35 bits per heavy atom. The number of hydrogen-bond acceptors (Lipinski definition) is 4. The zero-order chi connectivity index (χ0) is 16.6. The lowest BCUT2D eigenvalue weighted by Gasteiger charge is -2.38. The van der Waals surface area contributed by atoms with Gasteiger partial charge < -0.3 is 14.1 Å². The number of nitriles is 1. The molecule has 0 atom stereocenters. The van der Waals surface area contributed by atoms with Crippen molar-refractivity contribution in [2.75, 3.05) is 19.7 Å². The van der Waals surface area contributed by atoms with Crippen LogP contribution in [0, 0.1) is 18.3 Å². The first kappa shape index (κ1) is 15.4. The molecule has 1 saturated heterocycles. The van der Waals surface area contributed by atoms with Gasteiger partial charge >= 0.3 is 0 Å². The van der Waals surface area contributed by atoms with E-state index in [1.165, 1.54) is 0 Å². The van der Waals surface area contributed by atoms with E-state index in [0.717, 1.165) is 0 Å². The average Bonchev–Trinajstić information content (AvgIpc) is 3.12. The van der Waals surface area contributed by atoms with E-state index in [1.54, 1.807) is 28.8 Å². The van der Waals surface area contributed by atoms with Gasteiger partial charge in [-0.05, 0) is 32.9 Å². The summed E-state index contributed by atoms with van der Waals surface area (Å²) in [6.45, 7) is 7.10. The Kier molecular flexibility index (Phi) is 3.74. The Morgan fingerprint density at radius 2 is 2.04 bits per heavy atom. The summed E-state index contributed by atoms with van der Waals surface area (Å²) in [5, 5.41) is 9.54. The molecule has 0 spiro atoms. The number of ether oxygens (including phenoxy) is 1. The van der Waals surface area contributed by atoms with Gasteiger partial charge in [0.05, 0.1) is 12.2 Å². The number of amides is 1. The summed E-state index contributed by atoms with van der Waals surface area (Å²) in [5.41, 5.74) is 0.226. The van der Waals surface area contributed by atoms with Crippen molar-refractivity contribution >= 4 is 5.91 Å². The van der Waals surface area contributed by atoms with Gasteiger partial charge in [0.15, 0.2) is 0 Å². The van der Waals surface area contributed by atoms with Gasteiger partial charge in [0.2, 0.25) is 5.88 Å². The van der Waals surface area contributed by atoms with Crippen molar-refractivity contribution in [2.24, 2.45) is 0 Å². The highest BCUT2D eigenvalue weighted by molar-refractivity contribution is 5.98. The molecule has 2 aromatic heterocycles. The molecule has 1 amide bonds. The van der Waals surface area contributed by atoms with Crippen molar-refractivity contribution in [3.8, 4) is 12.0 Å². The predicted molar refractivity (Wildman–Crippen MR) is 83.4 cm³/mol. The van der Waals surface area contributed by atoms with Gasteiger partial charge in [-0.25, -0.2) is 0 Å². The van der Waals surface area contributed by atoms with Crippen molar-refractivity contribution in [2.45, 2.75) is 26.4 Å². The molecule has 3 rings (SSSR count). The lowest BCUT2D eigenvalue weighted by Crippen LogP contribution is -2.50. The Bertz CT molecular complexity index is 766. The molecule has 6 heteroatoms. The van der Waals surface area contributed by atoms with Crippen LogP contribution in [0.15, 0.2) is 28.9 Å². The number of hydrogen-bond donors (Lipinski definition) is 0. The molecule has 1 aliphatic rings. The Morgan fingerprint density at radius 3 is 2.65 bits per heavy atom. The summed E-state index contributed by atoms with van der Waals surface area (Å²) in [6.07, 6.45) is 3.57. The van der Waals surface area contributed by atoms with Gasteiger partial charge in [0, 0.05) is 25.5 Å². The molecule has 0 bridgehead atoms. The summed E-state index contributed by atoms with van der Waals surface area (Å²) in [4.78, 5) is 14.6. The fraction of sp³-hybridized carbons (Fsp3) is 0.412. The quantitative estimate of drug-likeness (QED) is 0.854. The highest BCUT2D eigenvalue weighted by Gasteiger charge is 2.34. The number of carbonyl (C=O) groups is 1. The van der Waals surface area contributed by atoms with E-state index in [-0.39, 0.29) is 17.1 Å². The lowest BCUT2D eigenvalue weighted by atomic mass is 10.0. The zero-order valence-corrected chi connectivity index (χ0v) is 13.5. The van der Waals surface area contributed by atoms with Crippen LogP contribution < -0.4 is 0 Å². The maximum absolute atomic E-state index is 12.9. The van der Waals surface area contributed by atoms with Crippen LogP contribution in [0.4, 0.5) is 0 Å². The number of rotatable bonds is 2. The first-order valence-electron chi connectivity index (χ1n) is 7.53. The lowest BCUT2D eigenvalue weighted by molar-refractivity contribution is -0.0764. The van der Waals surface area contributed by atoms with E-state index in [2.05, 4.69) is 6.07 Å². The molecule has 23 heavy (non-hydrogen) atoms. The summed E-state index contributed by atoms with van der Waals surface area (Å²) in [6, 6.07) is 5.80. The van der Waals surface area contributed by atoms with Gasteiger partial charge in [-0.15, -0.1) is 0 Å². The van der Waals surface area contributed by atoms with Crippen molar-refractivity contribution in [1.82, 2.24) is 9.47 Å². The van der Waals surface area contributed by atoms with Crippen LogP contribution in [0.3, 0.4) is 0 Å². The second-order valence-corrected chi connectivity index (χ2v) is 6.25. The second kappa shape index (κ2) is 5.60. The van der Waals surface area contributed by atoms with Gasteiger partial charge in [0.1, 0.15) is 23.0 Å². The van der Waals surface area contributed by atoms with Gasteiger partial charge in [-0.1, -0.05) is 0 Å². The van der Waals surface area contributed by atoms with Crippen LogP contribution in [0.5, 0.6) is 0 Å². The maximum atomic E-state index is 12.9. The van der Waals surface area contributed by atoms with E-state index in [0.29, 0.717) is 36.9 Å². The molecule has 6 nitrogen and oxygen atoms in total. The highest BCUT2D eigenvalue weighted by Crippen LogP contribution is 2.28. The minimum Gasteiger partial charge on any atom is -0.443 e. The van der Waals surface area contributed by atoms with Crippen LogP contribution >= 0.6 is 0 Å². The van der Waals surface area contributed by atoms with Crippen LogP contribution in [0.25, 0.3) is 5.88 Å². The smallest absolute Gasteiger partial charge is 0.259 e. The Labute approximate surface area is 134 Å². The highest BCUT2D eigenvalue weighted by atomic mass is 16.5. The molecular weight excluding hydrogens is 294 g/mol. The molecule has 0 radical (unpaired) electrons. The van der Waals surface area contributed by atoms with E-state index in [4.69, 9.17) is 9.15 Å². The topological polar surface area (TPSA) is 71.4 Å². The molecule has 120 valence electrons. The number of aromatic nitrogens is 1. The zero-order valence-electron chi connectivity index (χ0n) is 13.5. The van der Waals surface area contributed by atoms with Crippen LogP contribution in [-0.4, -0.2) is 40.7 Å². The van der Waals surface area contributed by atoms with Gasteiger partial charge in [-0.3, -0.25) is 9.36 Å². The SMILES string of the molecule is Cc1oc(-n2cccc2)c(C#N)c1C(=O)N1CCOC(C)(C)C1. The first-order valence-corrected chi connectivity index (χ1v) is 7.53. The number of furan rings is 1. The number of carbonyl (C=O) groups excluding carboxylic acids is 1. The molecule has 2 aromatic rings. The summed E-state index contributed by atoms with van der Waals surface area (Å²) in [7, 11) is 0. The largest absolute Gasteiger partial charge is 0.443 e. The number of morpholine rings is 1. The Hall–Kier alpha value is -2.52.